The van der Waals surface area contributed by atoms with Crippen LogP contribution in [0.4, 0.5) is 5.69 Å². The maximum Gasteiger partial charge on any atom is 0.312 e. The average Bonchev–Trinajstić information content (AvgIpc) is 2.78. The Balaban J connectivity index is 2.26. The molecule has 130 valence electrons. The van der Waals surface area contributed by atoms with Crippen molar-refractivity contribution in [2.45, 2.75) is 33.6 Å². The highest BCUT2D eigenvalue weighted by Crippen LogP contribution is 2.56. The lowest BCUT2D eigenvalue weighted by Crippen LogP contribution is -2.44. The van der Waals surface area contributed by atoms with E-state index in [0.29, 0.717) is 12.8 Å². The van der Waals surface area contributed by atoms with Crippen molar-refractivity contribution in [3.05, 3.63) is 29.8 Å². The van der Waals surface area contributed by atoms with Crippen LogP contribution in [0, 0.1) is 16.7 Å². The van der Waals surface area contributed by atoms with Gasteiger partial charge in [0, 0.05) is 17.2 Å². The molecule has 1 fully saturated rings. The summed E-state index contributed by atoms with van der Waals surface area (Å²) in [6.07, 6.45) is 1.06. The van der Waals surface area contributed by atoms with E-state index in [2.05, 4.69) is 5.32 Å². The van der Waals surface area contributed by atoms with Crippen LogP contribution in [0.2, 0.25) is 0 Å². The fourth-order valence-corrected chi connectivity index (χ4v) is 3.54. The van der Waals surface area contributed by atoms with E-state index >= 15 is 0 Å². The quantitative estimate of drug-likeness (QED) is 0.845. The standard InChI is InChI=1S/C18H23NO5/c1-17(2)12(9-10-18(17,3)16(23)24-4)14(20)19-13-8-6-5-7-11(13)15(21)22/h5-8,12H,9-10H2,1-4H3,(H,19,20)(H,21,22)/p-1/t12-,18+/m0/s1. The normalized spacial score (nSPS) is 25.1. The summed E-state index contributed by atoms with van der Waals surface area (Å²) in [6, 6.07) is 6.10. The Morgan fingerprint density at radius 2 is 1.83 bits per heavy atom. The number of carboxylic acid groups (broad SMARTS) is 1. The molecule has 1 saturated carbocycles. The molecular formula is C18H22NO5-. The maximum atomic E-state index is 12.7. The first-order valence-corrected chi connectivity index (χ1v) is 7.85. The summed E-state index contributed by atoms with van der Waals surface area (Å²) in [5, 5.41) is 13.8. The number of carboxylic acids is 1. The third-order valence-electron chi connectivity index (χ3n) is 5.58. The van der Waals surface area contributed by atoms with Gasteiger partial charge >= 0.3 is 5.97 Å². The zero-order chi connectivity index (χ0) is 18.1. The Bertz CT molecular complexity index is 682. The van der Waals surface area contributed by atoms with Crippen LogP contribution in [-0.2, 0) is 14.3 Å². The highest BCUT2D eigenvalue weighted by molar-refractivity contribution is 6.01. The van der Waals surface area contributed by atoms with Gasteiger partial charge in [-0.25, -0.2) is 0 Å². The van der Waals surface area contributed by atoms with E-state index in [0.717, 1.165) is 0 Å². The summed E-state index contributed by atoms with van der Waals surface area (Å²) in [4.78, 5) is 36.1. The summed E-state index contributed by atoms with van der Waals surface area (Å²) in [7, 11) is 1.34. The number of aromatic carboxylic acids is 1. The number of esters is 1. The van der Waals surface area contributed by atoms with Crippen LogP contribution in [0.1, 0.15) is 44.0 Å². The molecule has 1 aliphatic rings. The van der Waals surface area contributed by atoms with Gasteiger partial charge in [-0.15, -0.1) is 0 Å². The molecule has 0 heterocycles. The number of amides is 1. The second-order valence-corrected chi connectivity index (χ2v) is 6.96. The minimum Gasteiger partial charge on any atom is -0.545 e. The third kappa shape index (κ3) is 2.77. The Labute approximate surface area is 141 Å². The first-order valence-electron chi connectivity index (χ1n) is 7.85. The molecule has 0 aliphatic heterocycles. The summed E-state index contributed by atoms with van der Waals surface area (Å²) in [5.41, 5.74) is -1.26. The molecule has 0 spiro atoms. The summed E-state index contributed by atoms with van der Waals surface area (Å²) >= 11 is 0. The van der Waals surface area contributed by atoms with Gasteiger partial charge in [0.05, 0.1) is 18.5 Å². The number of para-hydroxylation sites is 1. The molecular weight excluding hydrogens is 310 g/mol. The fraction of sp³-hybridized carbons (Fsp3) is 0.500. The Morgan fingerprint density at radius 3 is 2.42 bits per heavy atom. The molecule has 1 N–H and O–H groups in total. The molecule has 0 bridgehead atoms. The van der Waals surface area contributed by atoms with Gasteiger partial charge in [-0.2, -0.15) is 0 Å². The van der Waals surface area contributed by atoms with Crippen LogP contribution >= 0.6 is 0 Å². The van der Waals surface area contributed by atoms with Crippen molar-refractivity contribution >= 4 is 23.5 Å². The van der Waals surface area contributed by atoms with E-state index < -0.39 is 22.7 Å². The number of hydrogen-bond donors (Lipinski definition) is 1. The highest BCUT2D eigenvalue weighted by Gasteiger charge is 2.58. The molecule has 1 aromatic carbocycles. The van der Waals surface area contributed by atoms with Gasteiger partial charge in [-0.05, 0) is 31.2 Å². The zero-order valence-corrected chi connectivity index (χ0v) is 14.3. The second kappa shape index (κ2) is 6.26. The van der Waals surface area contributed by atoms with Gasteiger partial charge in [0.15, 0.2) is 0 Å². The Kier molecular flexibility index (Phi) is 4.69. The van der Waals surface area contributed by atoms with Gasteiger partial charge in [-0.1, -0.05) is 32.0 Å². The van der Waals surface area contributed by atoms with Gasteiger partial charge < -0.3 is 20.0 Å². The van der Waals surface area contributed by atoms with Gasteiger partial charge in [-0.3, -0.25) is 9.59 Å². The minimum atomic E-state index is -1.35. The Hall–Kier alpha value is -2.37. The van der Waals surface area contributed by atoms with Crippen LogP contribution in [0.5, 0.6) is 0 Å². The predicted octanol–water partition coefficient (Wildman–Crippen LogP) is 1.60. The lowest BCUT2D eigenvalue weighted by atomic mass is 9.65. The molecule has 1 aromatic rings. The SMILES string of the molecule is COC(=O)[C@@]1(C)CC[C@@H](C(=O)Nc2ccccc2C(=O)[O-])C1(C)C. The lowest BCUT2D eigenvalue weighted by Gasteiger charge is -2.38. The lowest BCUT2D eigenvalue weighted by molar-refractivity contribution is -0.254. The first kappa shape index (κ1) is 18.0. The largest absolute Gasteiger partial charge is 0.545 e. The molecule has 2 rings (SSSR count). The third-order valence-corrected chi connectivity index (χ3v) is 5.58. The monoisotopic (exact) mass is 332 g/mol. The summed E-state index contributed by atoms with van der Waals surface area (Å²) in [6.45, 7) is 5.54. The number of benzene rings is 1. The van der Waals surface area contributed by atoms with Crippen molar-refractivity contribution in [1.82, 2.24) is 0 Å². The van der Waals surface area contributed by atoms with E-state index in [4.69, 9.17) is 4.74 Å². The number of methoxy groups -OCH3 is 1. The van der Waals surface area contributed by atoms with Crippen LogP contribution in [0.15, 0.2) is 24.3 Å². The van der Waals surface area contributed by atoms with Crippen LogP contribution in [0.25, 0.3) is 0 Å². The smallest absolute Gasteiger partial charge is 0.312 e. The number of hydrogen-bond acceptors (Lipinski definition) is 5. The molecule has 6 heteroatoms. The van der Waals surface area contributed by atoms with Crippen LogP contribution in [-0.4, -0.2) is 25.0 Å². The number of carbonyl (C=O) groups is 3. The van der Waals surface area contributed by atoms with Crippen molar-refractivity contribution in [3.63, 3.8) is 0 Å². The summed E-state index contributed by atoms with van der Waals surface area (Å²) in [5.74, 6) is -2.42. The van der Waals surface area contributed by atoms with E-state index in [9.17, 15) is 19.5 Å². The van der Waals surface area contributed by atoms with Crippen molar-refractivity contribution in [2.75, 3.05) is 12.4 Å². The van der Waals surface area contributed by atoms with Gasteiger partial charge in [0.2, 0.25) is 5.91 Å². The molecule has 0 aromatic heterocycles. The average molecular weight is 332 g/mol. The predicted molar refractivity (Wildman–Crippen MR) is 86.0 cm³/mol. The maximum absolute atomic E-state index is 12.7. The van der Waals surface area contributed by atoms with E-state index in [-0.39, 0.29) is 23.1 Å². The van der Waals surface area contributed by atoms with Crippen molar-refractivity contribution < 1.29 is 24.2 Å². The van der Waals surface area contributed by atoms with Crippen LogP contribution < -0.4 is 10.4 Å². The number of anilines is 1. The number of carbonyl (C=O) groups excluding carboxylic acids is 3. The van der Waals surface area contributed by atoms with Crippen molar-refractivity contribution in [1.29, 1.82) is 0 Å². The molecule has 0 unspecified atom stereocenters. The van der Waals surface area contributed by atoms with E-state index in [1.807, 2.05) is 13.8 Å². The Morgan fingerprint density at radius 1 is 1.21 bits per heavy atom. The van der Waals surface area contributed by atoms with Crippen molar-refractivity contribution in [3.8, 4) is 0 Å². The molecule has 0 radical (unpaired) electrons. The van der Waals surface area contributed by atoms with Crippen LogP contribution in [0.3, 0.4) is 0 Å². The van der Waals surface area contributed by atoms with E-state index in [1.54, 1.807) is 19.1 Å². The molecule has 24 heavy (non-hydrogen) atoms. The zero-order valence-electron chi connectivity index (χ0n) is 14.3. The second-order valence-electron chi connectivity index (χ2n) is 6.96. The topological polar surface area (TPSA) is 95.5 Å². The molecule has 1 aliphatic carbocycles. The molecule has 1 amide bonds. The number of ether oxygens (including phenoxy) is 1. The molecule has 6 nitrogen and oxygen atoms in total. The molecule has 0 saturated heterocycles. The summed E-state index contributed by atoms with van der Waals surface area (Å²) < 4.78 is 4.91. The highest BCUT2D eigenvalue weighted by atomic mass is 16.5. The number of rotatable bonds is 4. The molecule has 2 atom stereocenters. The first-order chi connectivity index (χ1) is 11.1. The van der Waals surface area contributed by atoms with Crippen molar-refractivity contribution in [2.24, 2.45) is 16.7 Å². The van der Waals surface area contributed by atoms with Gasteiger partial charge in [0.25, 0.3) is 0 Å². The van der Waals surface area contributed by atoms with E-state index in [1.165, 1.54) is 19.2 Å². The van der Waals surface area contributed by atoms with Gasteiger partial charge in [0.1, 0.15) is 0 Å². The fourth-order valence-electron chi connectivity index (χ4n) is 3.54. The minimum absolute atomic E-state index is 0.0719. The number of nitrogens with one attached hydrogen (secondary N) is 1.